The molecule has 24 heavy (non-hydrogen) atoms. The molecule has 0 atom stereocenters. The van der Waals surface area contributed by atoms with Gasteiger partial charge in [-0.25, -0.2) is 4.98 Å². The van der Waals surface area contributed by atoms with Crippen LogP contribution in [0.25, 0.3) is 0 Å². The average molecular weight is 343 g/mol. The fourth-order valence-corrected chi connectivity index (χ4v) is 4.58. The van der Waals surface area contributed by atoms with E-state index in [-0.39, 0.29) is 5.78 Å². The van der Waals surface area contributed by atoms with Crippen molar-refractivity contribution in [1.29, 1.82) is 0 Å². The highest BCUT2D eigenvalue weighted by molar-refractivity contribution is 7.99. The van der Waals surface area contributed by atoms with E-state index in [4.69, 9.17) is 4.98 Å². The van der Waals surface area contributed by atoms with Crippen LogP contribution in [0.15, 0.2) is 23.4 Å². The van der Waals surface area contributed by atoms with Gasteiger partial charge in [-0.05, 0) is 52.2 Å². The SMILES string of the molecule is Cc1ccc(C)c(C(=O)CSc2nc(C)c(C)n2C2CCCC2)c1. The van der Waals surface area contributed by atoms with Crippen LogP contribution in [0.5, 0.6) is 0 Å². The minimum Gasteiger partial charge on any atom is -0.320 e. The van der Waals surface area contributed by atoms with E-state index in [0.29, 0.717) is 11.8 Å². The maximum absolute atomic E-state index is 12.7. The summed E-state index contributed by atoms with van der Waals surface area (Å²) in [5, 5.41) is 1.01. The Hall–Kier alpha value is -1.55. The number of rotatable bonds is 5. The van der Waals surface area contributed by atoms with Crippen LogP contribution >= 0.6 is 11.8 Å². The molecule has 3 nitrogen and oxygen atoms in total. The molecular weight excluding hydrogens is 316 g/mol. The summed E-state index contributed by atoms with van der Waals surface area (Å²) in [4.78, 5) is 17.4. The smallest absolute Gasteiger partial charge is 0.173 e. The Morgan fingerprint density at radius 1 is 1.21 bits per heavy atom. The maximum Gasteiger partial charge on any atom is 0.173 e. The first kappa shape index (κ1) is 17.3. The number of ketones is 1. The summed E-state index contributed by atoms with van der Waals surface area (Å²) in [7, 11) is 0. The third kappa shape index (κ3) is 3.44. The third-order valence-electron chi connectivity index (χ3n) is 5.07. The number of imidazole rings is 1. The molecule has 2 aromatic rings. The molecular formula is C20H26N2OS. The van der Waals surface area contributed by atoms with Crippen molar-refractivity contribution in [2.24, 2.45) is 0 Å². The van der Waals surface area contributed by atoms with E-state index in [9.17, 15) is 4.79 Å². The Balaban J connectivity index is 1.78. The van der Waals surface area contributed by atoms with Gasteiger partial charge >= 0.3 is 0 Å². The molecule has 0 amide bonds. The monoisotopic (exact) mass is 342 g/mol. The molecule has 3 rings (SSSR count). The molecule has 0 saturated heterocycles. The molecule has 0 radical (unpaired) electrons. The summed E-state index contributed by atoms with van der Waals surface area (Å²) in [5.74, 6) is 0.643. The third-order valence-corrected chi connectivity index (χ3v) is 6.02. The number of carbonyl (C=O) groups excluding carboxylic acids is 1. The second kappa shape index (κ2) is 7.14. The molecule has 1 heterocycles. The van der Waals surface area contributed by atoms with E-state index in [1.807, 2.05) is 26.0 Å². The summed E-state index contributed by atoms with van der Waals surface area (Å²) >= 11 is 1.59. The van der Waals surface area contributed by atoms with Gasteiger partial charge in [0.25, 0.3) is 0 Å². The van der Waals surface area contributed by atoms with Crippen molar-refractivity contribution < 1.29 is 4.79 Å². The fraction of sp³-hybridized carbons (Fsp3) is 0.500. The van der Waals surface area contributed by atoms with Gasteiger partial charge in [-0.1, -0.05) is 42.3 Å². The largest absolute Gasteiger partial charge is 0.320 e. The van der Waals surface area contributed by atoms with Crippen molar-refractivity contribution in [3.05, 3.63) is 46.3 Å². The van der Waals surface area contributed by atoms with Gasteiger partial charge < -0.3 is 4.57 Å². The molecule has 128 valence electrons. The zero-order valence-corrected chi connectivity index (χ0v) is 15.9. The van der Waals surface area contributed by atoms with Gasteiger partial charge in [0.15, 0.2) is 10.9 Å². The zero-order valence-electron chi connectivity index (χ0n) is 15.1. The summed E-state index contributed by atoms with van der Waals surface area (Å²) < 4.78 is 2.38. The van der Waals surface area contributed by atoms with Crippen LogP contribution in [0.1, 0.15) is 64.6 Å². The number of carbonyl (C=O) groups is 1. The van der Waals surface area contributed by atoms with E-state index in [1.165, 1.54) is 31.4 Å². The second-order valence-electron chi connectivity index (χ2n) is 6.90. The van der Waals surface area contributed by atoms with Crippen molar-refractivity contribution in [3.8, 4) is 0 Å². The molecule has 4 heteroatoms. The maximum atomic E-state index is 12.7. The van der Waals surface area contributed by atoms with E-state index >= 15 is 0 Å². The Bertz CT molecular complexity index is 757. The molecule has 0 spiro atoms. The lowest BCUT2D eigenvalue weighted by Crippen LogP contribution is -2.10. The quantitative estimate of drug-likeness (QED) is 0.553. The van der Waals surface area contributed by atoms with Crippen molar-refractivity contribution in [2.45, 2.75) is 64.6 Å². The lowest BCUT2D eigenvalue weighted by molar-refractivity contribution is 0.102. The van der Waals surface area contributed by atoms with Gasteiger partial charge in [0.05, 0.1) is 11.4 Å². The topological polar surface area (TPSA) is 34.9 Å². The molecule has 1 saturated carbocycles. The Kier molecular flexibility index (Phi) is 5.14. The van der Waals surface area contributed by atoms with Crippen molar-refractivity contribution in [3.63, 3.8) is 0 Å². The van der Waals surface area contributed by atoms with Crippen LogP contribution in [0, 0.1) is 27.7 Å². The second-order valence-corrected chi connectivity index (χ2v) is 7.85. The van der Waals surface area contributed by atoms with Gasteiger partial charge in [0.2, 0.25) is 0 Å². The van der Waals surface area contributed by atoms with Gasteiger partial charge in [-0.2, -0.15) is 0 Å². The van der Waals surface area contributed by atoms with Gasteiger partial charge in [0, 0.05) is 17.3 Å². The Labute approximate surface area is 148 Å². The summed E-state index contributed by atoms with van der Waals surface area (Å²) in [6.07, 6.45) is 5.06. The van der Waals surface area contributed by atoms with Crippen molar-refractivity contribution in [1.82, 2.24) is 9.55 Å². The molecule has 1 fully saturated rings. The van der Waals surface area contributed by atoms with Gasteiger partial charge in [0.1, 0.15) is 0 Å². The highest BCUT2D eigenvalue weighted by atomic mass is 32.2. The fourth-order valence-electron chi connectivity index (χ4n) is 3.53. The van der Waals surface area contributed by atoms with Crippen LogP contribution in [0.4, 0.5) is 0 Å². The number of Topliss-reactive ketones (excluding diaryl/α,β-unsaturated/α-hetero) is 1. The van der Waals surface area contributed by atoms with E-state index in [1.54, 1.807) is 11.8 Å². The van der Waals surface area contributed by atoms with Crippen molar-refractivity contribution in [2.75, 3.05) is 5.75 Å². The van der Waals surface area contributed by atoms with Crippen molar-refractivity contribution >= 4 is 17.5 Å². The van der Waals surface area contributed by atoms with Gasteiger partial charge in [-0.3, -0.25) is 4.79 Å². The molecule has 0 N–H and O–H groups in total. The van der Waals surface area contributed by atoms with E-state index in [2.05, 4.69) is 24.5 Å². The molecule has 1 aliphatic carbocycles. The van der Waals surface area contributed by atoms with E-state index < -0.39 is 0 Å². The molecule has 1 aromatic heterocycles. The summed E-state index contributed by atoms with van der Waals surface area (Å²) in [5.41, 5.74) is 5.37. The predicted octanol–water partition coefficient (Wildman–Crippen LogP) is 5.21. The number of hydrogen-bond donors (Lipinski definition) is 0. The average Bonchev–Trinajstić information content (AvgIpc) is 3.16. The predicted molar refractivity (Wildman–Crippen MR) is 100 cm³/mol. The molecule has 0 aliphatic heterocycles. The Morgan fingerprint density at radius 3 is 2.62 bits per heavy atom. The highest BCUT2D eigenvalue weighted by Crippen LogP contribution is 2.35. The van der Waals surface area contributed by atoms with E-state index in [0.717, 1.165) is 27.5 Å². The standard InChI is InChI=1S/C20H26N2OS/c1-13-9-10-14(2)18(11-13)19(23)12-24-20-21-15(3)16(4)22(20)17-7-5-6-8-17/h9-11,17H,5-8,12H2,1-4H3. The summed E-state index contributed by atoms with van der Waals surface area (Å²) in [6, 6.07) is 6.64. The lowest BCUT2D eigenvalue weighted by atomic mass is 10.0. The molecule has 1 aliphatic rings. The number of nitrogens with zero attached hydrogens (tertiary/aromatic N) is 2. The molecule has 0 bridgehead atoms. The number of thioether (sulfide) groups is 1. The van der Waals surface area contributed by atoms with Crippen LogP contribution in [-0.2, 0) is 0 Å². The number of aryl methyl sites for hydroxylation is 3. The first-order valence-corrected chi connectivity index (χ1v) is 9.74. The minimum absolute atomic E-state index is 0.192. The normalized spacial score (nSPS) is 15.2. The number of aromatic nitrogens is 2. The molecule has 1 aromatic carbocycles. The first-order valence-electron chi connectivity index (χ1n) is 8.76. The van der Waals surface area contributed by atoms with Gasteiger partial charge in [-0.15, -0.1) is 0 Å². The van der Waals surface area contributed by atoms with Crippen LogP contribution < -0.4 is 0 Å². The molecule has 0 unspecified atom stereocenters. The van der Waals surface area contributed by atoms with Crippen LogP contribution in [0.3, 0.4) is 0 Å². The van der Waals surface area contributed by atoms with Crippen LogP contribution in [0.2, 0.25) is 0 Å². The number of hydrogen-bond acceptors (Lipinski definition) is 3. The summed E-state index contributed by atoms with van der Waals surface area (Å²) in [6.45, 7) is 8.25. The number of benzene rings is 1. The highest BCUT2D eigenvalue weighted by Gasteiger charge is 2.23. The minimum atomic E-state index is 0.192. The first-order chi connectivity index (χ1) is 11.5. The zero-order chi connectivity index (χ0) is 17.3. The Morgan fingerprint density at radius 2 is 1.92 bits per heavy atom. The lowest BCUT2D eigenvalue weighted by Gasteiger charge is -2.17. The van der Waals surface area contributed by atoms with Crippen LogP contribution in [-0.4, -0.2) is 21.1 Å².